The van der Waals surface area contributed by atoms with Crippen LogP contribution in [0.5, 0.6) is 0 Å². The van der Waals surface area contributed by atoms with Gasteiger partial charge in [0.25, 0.3) is 0 Å². The predicted octanol–water partition coefficient (Wildman–Crippen LogP) is 4.41. The minimum Gasteiger partial charge on any atom is -0.192 e. The first-order chi connectivity index (χ1) is 8.35. The minimum atomic E-state index is 0.590. The van der Waals surface area contributed by atoms with Crippen LogP contribution in [0.4, 0.5) is 0 Å². The number of hydrogen-bond donors (Lipinski definition) is 0. The molecule has 88 valence electrons. The van der Waals surface area contributed by atoms with Crippen LogP contribution in [-0.2, 0) is 0 Å². The lowest BCUT2D eigenvalue weighted by Crippen LogP contribution is -2.13. The number of hydrogen-bond acceptors (Lipinski definition) is 1. The van der Waals surface area contributed by atoms with Crippen LogP contribution in [0, 0.1) is 17.2 Å². The molecule has 0 saturated heterocycles. The van der Waals surface area contributed by atoms with Gasteiger partial charge in [-0.15, -0.1) is 6.58 Å². The van der Waals surface area contributed by atoms with Gasteiger partial charge in [-0.2, -0.15) is 5.26 Å². The Morgan fingerprint density at radius 2 is 1.94 bits per heavy atom. The van der Waals surface area contributed by atoms with Gasteiger partial charge in [0.15, 0.2) is 0 Å². The van der Waals surface area contributed by atoms with Crippen molar-refractivity contribution in [2.75, 3.05) is 0 Å². The van der Waals surface area contributed by atoms with E-state index in [-0.39, 0.29) is 0 Å². The van der Waals surface area contributed by atoms with Crippen LogP contribution in [-0.4, -0.2) is 0 Å². The molecule has 0 amide bonds. The van der Waals surface area contributed by atoms with E-state index in [4.69, 9.17) is 5.26 Å². The summed E-state index contributed by atoms with van der Waals surface area (Å²) in [5.41, 5.74) is 2.12. The monoisotopic (exact) mass is 225 g/mol. The fourth-order valence-corrected chi connectivity index (χ4v) is 2.90. The molecule has 0 heterocycles. The molecule has 0 N–H and O–H groups in total. The first-order valence-corrected chi connectivity index (χ1v) is 6.45. The van der Waals surface area contributed by atoms with Crippen molar-refractivity contribution in [3.05, 3.63) is 48.0 Å². The normalized spacial score (nSPS) is 23.9. The molecular formula is C16H19N. The molecule has 1 aromatic carbocycles. The molecule has 2 rings (SSSR count). The Kier molecular flexibility index (Phi) is 3.98. The Hall–Kier alpha value is -1.55. The zero-order chi connectivity index (χ0) is 12.1. The Morgan fingerprint density at radius 1 is 1.24 bits per heavy atom. The van der Waals surface area contributed by atoms with Crippen LogP contribution in [0.2, 0.25) is 0 Å². The topological polar surface area (TPSA) is 23.8 Å². The summed E-state index contributed by atoms with van der Waals surface area (Å²) in [6.45, 7) is 3.82. The summed E-state index contributed by atoms with van der Waals surface area (Å²) in [4.78, 5) is 0. The van der Waals surface area contributed by atoms with E-state index in [0.29, 0.717) is 5.92 Å². The third kappa shape index (κ3) is 2.77. The molecule has 0 atom stereocenters. The number of allylic oxidation sites excluding steroid dienone is 1. The van der Waals surface area contributed by atoms with Gasteiger partial charge in [-0.05, 0) is 55.6 Å². The Bertz CT molecular complexity index is 419. The van der Waals surface area contributed by atoms with E-state index >= 15 is 0 Å². The van der Waals surface area contributed by atoms with Crippen LogP contribution >= 0.6 is 0 Å². The molecule has 0 bridgehead atoms. The van der Waals surface area contributed by atoms with E-state index in [1.54, 1.807) is 0 Å². The van der Waals surface area contributed by atoms with Crippen molar-refractivity contribution in [3.8, 4) is 6.07 Å². The molecule has 1 aliphatic rings. The zero-order valence-electron chi connectivity index (χ0n) is 10.2. The van der Waals surface area contributed by atoms with Gasteiger partial charge in [-0.25, -0.2) is 0 Å². The van der Waals surface area contributed by atoms with Gasteiger partial charge < -0.3 is 0 Å². The maximum absolute atomic E-state index is 9.12. The summed E-state index contributed by atoms with van der Waals surface area (Å²) in [6.07, 6.45) is 8.17. The van der Waals surface area contributed by atoms with Crippen molar-refractivity contribution < 1.29 is 0 Å². The van der Waals surface area contributed by atoms with E-state index in [1.165, 1.54) is 31.2 Å². The summed E-state index contributed by atoms with van der Waals surface area (Å²) in [5, 5.41) is 9.12. The fourth-order valence-electron chi connectivity index (χ4n) is 2.90. The highest BCUT2D eigenvalue weighted by Crippen LogP contribution is 2.38. The van der Waals surface area contributed by atoms with Crippen molar-refractivity contribution in [2.24, 2.45) is 5.92 Å². The molecule has 1 aromatic rings. The van der Waals surface area contributed by atoms with Gasteiger partial charge >= 0.3 is 0 Å². The first kappa shape index (κ1) is 11.9. The predicted molar refractivity (Wildman–Crippen MR) is 70.7 cm³/mol. The zero-order valence-corrected chi connectivity index (χ0v) is 10.2. The lowest BCUT2D eigenvalue weighted by atomic mass is 9.76. The number of benzene rings is 1. The summed E-state index contributed by atoms with van der Waals surface area (Å²) in [5.74, 6) is 1.41. The number of rotatable bonds is 3. The summed E-state index contributed by atoms with van der Waals surface area (Å²) < 4.78 is 0. The van der Waals surface area contributed by atoms with Gasteiger partial charge in [-0.3, -0.25) is 0 Å². The Labute approximate surface area is 104 Å². The standard InChI is InChI=1S/C16H19N/c1-2-5-13-8-10-14(11-9-13)16-7-4-3-6-15(16)12-17/h2-4,6-7,13-14H,1,5,8-11H2/t13-,14-. The van der Waals surface area contributed by atoms with E-state index in [0.717, 1.165) is 17.9 Å². The molecule has 1 nitrogen and oxygen atoms in total. The van der Waals surface area contributed by atoms with Gasteiger partial charge in [-0.1, -0.05) is 24.3 Å². The molecule has 17 heavy (non-hydrogen) atoms. The van der Waals surface area contributed by atoms with Crippen LogP contribution in [0.15, 0.2) is 36.9 Å². The van der Waals surface area contributed by atoms with Gasteiger partial charge in [0.2, 0.25) is 0 Å². The Balaban J connectivity index is 2.05. The Morgan fingerprint density at radius 3 is 2.59 bits per heavy atom. The van der Waals surface area contributed by atoms with Crippen molar-refractivity contribution >= 4 is 0 Å². The molecule has 0 unspecified atom stereocenters. The van der Waals surface area contributed by atoms with Crippen LogP contribution in [0.1, 0.15) is 49.1 Å². The van der Waals surface area contributed by atoms with E-state index in [2.05, 4.69) is 18.7 Å². The molecule has 1 saturated carbocycles. The van der Waals surface area contributed by atoms with Crippen LogP contribution < -0.4 is 0 Å². The average Bonchev–Trinajstić information content (AvgIpc) is 2.40. The second-order valence-electron chi connectivity index (χ2n) is 4.94. The minimum absolute atomic E-state index is 0.590. The second kappa shape index (κ2) is 5.68. The molecule has 1 fully saturated rings. The lowest BCUT2D eigenvalue weighted by Gasteiger charge is -2.28. The molecule has 1 aliphatic carbocycles. The summed E-state index contributed by atoms with van der Waals surface area (Å²) in [6, 6.07) is 10.4. The molecular weight excluding hydrogens is 206 g/mol. The maximum Gasteiger partial charge on any atom is 0.0994 e. The van der Waals surface area contributed by atoms with Crippen molar-refractivity contribution in [1.29, 1.82) is 5.26 Å². The smallest absolute Gasteiger partial charge is 0.0994 e. The highest BCUT2D eigenvalue weighted by molar-refractivity contribution is 5.39. The van der Waals surface area contributed by atoms with Crippen LogP contribution in [0.3, 0.4) is 0 Å². The second-order valence-corrected chi connectivity index (χ2v) is 4.94. The highest BCUT2D eigenvalue weighted by atomic mass is 14.3. The SMILES string of the molecule is C=CC[C@H]1CC[C@H](c2ccccc2C#N)CC1. The molecule has 1 heteroatoms. The van der Waals surface area contributed by atoms with Crippen molar-refractivity contribution in [1.82, 2.24) is 0 Å². The van der Waals surface area contributed by atoms with E-state index < -0.39 is 0 Å². The quantitative estimate of drug-likeness (QED) is 0.699. The third-order valence-corrected chi connectivity index (χ3v) is 3.87. The number of nitriles is 1. The van der Waals surface area contributed by atoms with Crippen LogP contribution in [0.25, 0.3) is 0 Å². The number of nitrogens with zero attached hydrogens (tertiary/aromatic N) is 1. The molecule has 0 radical (unpaired) electrons. The summed E-state index contributed by atoms with van der Waals surface area (Å²) in [7, 11) is 0. The largest absolute Gasteiger partial charge is 0.192 e. The molecule has 0 aromatic heterocycles. The highest BCUT2D eigenvalue weighted by Gasteiger charge is 2.22. The van der Waals surface area contributed by atoms with Crippen molar-refractivity contribution in [2.45, 2.75) is 38.0 Å². The van der Waals surface area contributed by atoms with Crippen molar-refractivity contribution in [3.63, 3.8) is 0 Å². The van der Waals surface area contributed by atoms with Gasteiger partial charge in [0.05, 0.1) is 11.6 Å². The van der Waals surface area contributed by atoms with E-state index in [1.807, 2.05) is 24.3 Å². The fraction of sp³-hybridized carbons (Fsp3) is 0.438. The molecule has 0 aliphatic heterocycles. The van der Waals surface area contributed by atoms with Gasteiger partial charge in [0.1, 0.15) is 0 Å². The average molecular weight is 225 g/mol. The van der Waals surface area contributed by atoms with Gasteiger partial charge in [0, 0.05) is 0 Å². The van der Waals surface area contributed by atoms with E-state index in [9.17, 15) is 0 Å². The summed E-state index contributed by atoms with van der Waals surface area (Å²) >= 11 is 0. The first-order valence-electron chi connectivity index (χ1n) is 6.45. The third-order valence-electron chi connectivity index (χ3n) is 3.87. The molecule has 0 spiro atoms. The lowest BCUT2D eigenvalue weighted by molar-refractivity contribution is 0.328. The maximum atomic E-state index is 9.12.